The highest BCUT2D eigenvalue weighted by Crippen LogP contribution is 1.67. The summed E-state index contributed by atoms with van der Waals surface area (Å²) in [6, 6.07) is 0. The lowest BCUT2D eigenvalue weighted by Crippen LogP contribution is -2.32. The van der Waals surface area contributed by atoms with Crippen LogP contribution in [0.3, 0.4) is 0 Å². The Morgan fingerprint density at radius 3 is 1.21 bits per heavy atom. The average Bonchev–Trinajstić information content (AvgIpc) is 2.47. The van der Waals surface area contributed by atoms with Gasteiger partial charge in [0.1, 0.15) is 0 Å². The van der Waals surface area contributed by atoms with E-state index in [0.29, 0.717) is 0 Å². The molecule has 0 amide bonds. The number of rotatable bonds is 9. The first-order chi connectivity index (χ1) is 9.33. The number of hydrogen-bond donors (Lipinski definition) is 3. The SMILES string of the molecule is CC.CC.CCC.CCCNCCNCCNCC.[HH].[HH].[HH]. The van der Waals surface area contributed by atoms with E-state index >= 15 is 0 Å². The molecule has 0 unspecified atom stereocenters. The lowest BCUT2D eigenvalue weighted by Gasteiger charge is -2.05. The first kappa shape index (κ1) is 27.3. The summed E-state index contributed by atoms with van der Waals surface area (Å²) in [6.45, 7) is 23.1. The first-order valence-electron chi connectivity index (χ1n) is 8.45. The molecular weight excluding hydrogens is 234 g/mol. The van der Waals surface area contributed by atoms with Gasteiger partial charge in [-0.05, 0) is 19.5 Å². The zero-order chi connectivity index (χ0) is 15.8. The molecule has 0 aliphatic carbocycles. The van der Waals surface area contributed by atoms with E-state index in [1.807, 2.05) is 27.7 Å². The summed E-state index contributed by atoms with van der Waals surface area (Å²) < 4.78 is 0. The van der Waals surface area contributed by atoms with Gasteiger partial charge in [-0.15, -0.1) is 0 Å². The highest BCUT2D eigenvalue weighted by molar-refractivity contribution is 4.53. The predicted octanol–water partition coefficient (Wildman–Crippen LogP) is 4.39. The molecule has 3 nitrogen and oxygen atoms in total. The van der Waals surface area contributed by atoms with Crippen LogP contribution in [0.5, 0.6) is 0 Å². The molecule has 0 aromatic carbocycles. The van der Waals surface area contributed by atoms with Crippen molar-refractivity contribution in [3.8, 4) is 0 Å². The Bertz CT molecular complexity index is 90.7. The van der Waals surface area contributed by atoms with Crippen LogP contribution < -0.4 is 16.0 Å². The van der Waals surface area contributed by atoms with E-state index in [-0.39, 0.29) is 4.28 Å². The van der Waals surface area contributed by atoms with Gasteiger partial charge in [-0.2, -0.15) is 0 Å². The second kappa shape index (κ2) is 43.0. The summed E-state index contributed by atoms with van der Waals surface area (Å²) >= 11 is 0. The maximum Gasteiger partial charge on any atom is 0.00772 e. The minimum Gasteiger partial charge on any atom is -0.316 e. The number of likely N-dealkylation sites (N-methyl/N-ethyl adjacent to an activating group) is 1. The van der Waals surface area contributed by atoms with Crippen LogP contribution in [0.2, 0.25) is 0 Å². The van der Waals surface area contributed by atoms with E-state index in [9.17, 15) is 0 Å². The Hall–Kier alpha value is -0.120. The second-order valence-corrected chi connectivity index (χ2v) is 3.56. The summed E-state index contributed by atoms with van der Waals surface area (Å²) in [5.74, 6) is 0. The van der Waals surface area contributed by atoms with E-state index in [0.717, 1.165) is 39.3 Å². The molecule has 0 saturated heterocycles. The first-order valence-corrected chi connectivity index (χ1v) is 8.45. The third-order valence-corrected chi connectivity index (χ3v) is 1.63. The van der Waals surface area contributed by atoms with Gasteiger partial charge in [0.25, 0.3) is 0 Å². The second-order valence-electron chi connectivity index (χ2n) is 3.56. The Morgan fingerprint density at radius 2 is 0.895 bits per heavy atom. The third-order valence-electron chi connectivity index (χ3n) is 1.63. The van der Waals surface area contributed by atoms with Gasteiger partial charge < -0.3 is 16.0 Å². The minimum absolute atomic E-state index is 0. The van der Waals surface area contributed by atoms with Crippen molar-refractivity contribution >= 4 is 0 Å². The van der Waals surface area contributed by atoms with Gasteiger partial charge in [0, 0.05) is 30.5 Å². The molecule has 0 rings (SSSR count). The van der Waals surface area contributed by atoms with E-state index < -0.39 is 0 Å². The van der Waals surface area contributed by atoms with Gasteiger partial charge in [-0.3, -0.25) is 0 Å². The van der Waals surface area contributed by atoms with Gasteiger partial charge in [-0.25, -0.2) is 0 Å². The summed E-state index contributed by atoms with van der Waals surface area (Å²) in [7, 11) is 0. The van der Waals surface area contributed by atoms with Crippen LogP contribution in [-0.2, 0) is 0 Å². The monoisotopic (exact) mass is 283 g/mol. The lowest BCUT2D eigenvalue weighted by atomic mass is 10.4. The number of hydrogen-bond acceptors (Lipinski definition) is 3. The van der Waals surface area contributed by atoms with Crippen LogP contribution >= 0.6 is 0 Å². The summed E-state index contributed by atoms with van der Waals surface area (Å²) in [5, 5.41) is 9.96. The highest BCUT2D eigenvalue weighted by Gasteiger charge is 1.86. The fourth-order valence-corrected chi connectivity index (χ4v) is 0.957. The maximum absolute atomic E-state index is 3.35. The Kier molecular flexibility index (Phi) is 61.7. The van der Waals surface area contributed by atoms with Crippen LogP contribution in [0, 0.1) is 0 Å². The van der Waals surface area contributed by atoms with Crippen molar-refractivity contribution in [2.45, 2.75) is 68.2 Å². The zero-order valence-electron chi connectivity index (χ0n) is 15.2. The topological polar surface area (TPSA) is 36.1 Å². The van der Waals surface area contributed by atoms with E-state index in [4.69, 9.17) is 0 Å². The van der Waals surface area contributed by atoms with Crippen molar-refractivity contribution in [3.63, 3.8) is 0 Å². The summed E-state index contributed by atoms with van der Waals surface area (Å²) in [6.07, 6.45) is 2.47. The minimum atomic E-state index is 0. The van der Waals surface area contributed by atoms with Crippen molar-refractivity contribution in [3.05, 3.63) is 0 Å². The maximum atomic E-state index is 3.35. The molecule has 0 aliphatic heterocycles. The molecule has 0 atom stereocenters. The quantitative estimate of drug-likeness (QED) is 0.549. The van der Waals surface area contributed by atoms with Gasteiger partial charge >= 0.3 is 0 Å². The van der Waals surface area contributed by atoms with Crippen molar-refractivity contribution in [2.24, 2.45) is 0 Å². The van der Waals surface area contributed by atoms with Gasteiger partial charge in [-0.1, -0.05) is 61.8 Å². The Morgan fingerprint density at radius 1 is 0.579 bits per heavy atom. The van der Waals surface area contributed by atoms with Crippen LogP contribution in [0.15, 0.2) is 0 Å². The van der Waals surface area contributed by atoms with Crippen molar-refractivity contribution in [2.75, 3.05) is 39.3 Å². The molecule has 0 heterocycles. The molecule has 3 N–H and O–H groups in total. The van der Waals surface area contributed by atoms with Gasteiger partial charge in [0.05, 0.1) is 0 Å². The van der Waals surface area contributed by atoms with E-state index in [1.54, 1.807) is 0 Å². The fourth-order valence-electron chi connectivity index (χ4n) is 0.957. The predicted molar refractivity (Wildman–Crippen MR) is 99.6 cm³/mol. The van der Waals surface area contributed by atoms with Crippen LogP contribution in [0.4, 0.5) is 0 Å². The van der Waals surface area contributed by atoms with Crippen LogP contribution in [0.1, 0.15) is 72.5 Å². The van der Waals surface area contributed by atoms with E-state index in [1.165, 1.54) is 12.8 Å². The molecule has 0 bridgehead atoms. The fraction of sp³-hybridized carbons (Fsp3) is 1.00. The third kappa shape index (κ3) is 57.2. The van der Waals surface area contributed by atoms with Crippen LogP contribution in [0.25, 0.3) is 0 Å². The highest BCUT2D eigenvalue weighted by atomic mass is 15.0. The van der Waals surface area contributed by atoms with E-state index in [2.05, 4.69) is 43.6 Å². The lowest BCUT2D eigenvalue weighted by molar-refractivity contribution is 0.586. The van der Waals surface area contributed by atoms with Gasteiger partial charge in [0.15, 0.2) is 0 Å². The molecule has 0 aliphatic rings. The van der Waals surface area contributed by atoms with Crippen molar-refractivity contribution in [1.29, 1.82) is 0 Å². The van der Waals surface area contributed by atoms with Crippen molar-refractivity contribution in [1.82, 2.24) is 16.0 Å². The molecule has 0 radical (unpaired) electrons. The average molecular weight is 284 g/mol. The normalized spacial score (nSPS) is 8.21. The zero-order valence-corrected chi connectivity index (χ0v) is 15.2. The molecule has 0 aromatic heterocycles. The molecule has 128 valence electrons. The largest absolute Gasteiger partial charge is 0.316 e. The molecule has 0 saturated carbocycles. The Labute approximate surface area is 128 Å². The molecule has 0 spiro atoms. The smallest absolute Gasteiger partial charge is 0.00772 e. The molecule has 3 heteroatoms. The molecule has 0 aromatic rings. The summed E-state index contributed by atoms with van der Waals surface area (Å²) in [5.41, 5.74) is 0. The van der Waals surface area contributed by atoms with Crippen molar-refractivity contribution < 1.29 is 4.28 Å². The number of nitrogens with one attached hydrogen (secondary N) is 3. The molecule has 19 heavy (non-hydrogen) atoms. The van der Waals surface area contributed by atoms with Gasteiger partial charge in [0.2, 0.25) is 0 Å². The Balaban J connectivity index is -0.0000000392. The van der Waals surface area contributed by atoms with Crippen LogP contribution in [-0.4, -0.2) is 39.3 Å². The standard InChI is InChI=1S/C9H23N3.C3H8.2C2H6.3H2/c1-3-5-11-8-9-12-7-6-10-4-2;1-3-2;2*1-2;;;/h10-12H,3-9H2,1-2H3;3H2,1-2H3;2*1-2H3;3*1H. The molecule has 0 fully saturated rings. The molecular formula is C16H49N3. The summed E-state index contributed by atoms with van der Waals surface area (Å²) in [4.78, 5) is 0.